The first-order chi connectivity index (χ1) is 19.8. The van der Waals surface area contributed by atoms with Crippen LogP contribution in [0.3, 0.4) is 0 Å². The maximum absolute atomic E-state index is 12.1. The van der Waals surface area contributed by atoms with Crippen LogP contribution in [0.2, 0.25) is 0 Å². The highest BCUT2D eigenvalue weighted by molar-refractivity contribution is 5.78. The molecule has 230 valence electrons. The van der Waals surface area contributed by atoms with E-state index in [9.17, 15) is 9.59 Å². The molecular weight excluding hydrogens is 492 g/mol. The van der Waals surface area contributed by atoms with E-state index in [-0.39, 0.29) is 0 Å². The second-order valence-corrected chi connectivity index (χ2v) is 11.2. The van der Waals surface area contributed by atoms with Gasteiger partial charge in [-0.2, -0.15) is 0 Å². The molecule has 0 saturated heterocycles. The lowest BCUT2D eigenvalue weighted by atomic mass is 10.0. The Morgan fingerprint density at radius 2 is 0.875 bits per heavy atom. The summed E-state index contributed by atoms with van der Waals surface area (Å²) in [6.45, 7) is 3.36. The summed E-state index contributed by atoms with van der Waals surface area (Å²) in [6, 6.07) is 0. The third kappa shape index (κ3) is 34.1. The summed E-state index contributed by atoms with van der Waals surface area (Å²) < 4.78 is 4.71. The van der Waals surface area contributed by atoms with Crippen LogP contribution in [0.4, 0.5) is 0 Å². The van der Waals surface area contributed by atoms with Crippen molar-refractivity contribution in [1.82, 2.24) is 0 Å². The maximum atomic E-state index is 12.1. The van der Waals surface area contributed by atoms with Gasteiger partial charge in [0.15, 0.2) is 0 Å². The van der Waals surface area contributed by atoms with E-state index in [0.717, 1.165) is 57.8 Å². The van der Waals surface area contributed by atoms with Crippen LogP contribution < -0.4 is 0 Å². The molecule has 0 N–H and O–H groups in total. The summed E-state index contributed by atoms with van der Waals surface area (Å²) in [5, 5.41) is 0. The minimum atomic E-state index is 0.449. The van der Waals surface area contributed by atoms with E-state index in [1.165, 1.54) is 103 Å². The summed E-state index contributed by atoms with van der Waals surface area (Å²) in [6.07, 6.45) is 47.5. The van der Waals surface area contributed by atoms with Gasteiger partial charge in [0.2, 0.25) is 0 Å². The third-order valence-corrected chi connectivity index (χ3v) is 7.32. The number of carbonyl (C=O) groups excluding carboxylic acids is 2. The van der Waals surface area contributed by atoms with Crippen LogP contribution in [0.5, 0.6) is 0 Å². The van der Waals surface area contributed by atoms with Crippen molar-refractivity contribution in [3.8, 4) is 0 Å². The molecule has 0 saturated carbocycles. The molecule has 0 aliphatic carbocycles. The molecule has 3 heteroatoms. The molecule has 0 radical (unpaired) electrons. The zero-order valence-corrected chi connectivity index (χ0v) is 26.3. The van der Waals surface area contributed by atoms with Crippen molar-refractivity contribution in [2.75, 3.05) is 6.61 Å². The van der Waals surface area contributed by atoms with Crippen LogP contribution >= 0.6 is 0 Å². The van der Waals surface area contributed by atoms with Gasteiger partial charge in [-0.3, -0.25) is 9.59 Å². The molecule has 0 fully saturated rings. The van der Waals surface area contributed by atoms with Crippen molar-refractivity contribution in [1.29, 1.82) is 0 Å². The molecule has 3 nitrogen and oxygen atoms in total. The second kappa shape index (κ2) is 35.1. The van der Waals surface area contributed by atoms with Crippen LogP contribution in [0.25, 0.3) is 0 Å². The summed E-state index contributed by atoms with van der Waals surface area (Å²) >= 11 is 0. The molecule has 0 aliphatic heterocycles. The Bertz CT molecular complexity index is 644. The lowest BCUT2D eigenvalue weighted by Crippen LogP contribution is -1.97. The summed E-state index contributed by atoms with van der Waals surface area (Å²) in [5.41, 5.74) is 0. The van der Waals surface area contributed by atoms with E-state index < -0.39 is 0 Å². The topological polar surface area (TPSA) is 43.4 Å². The smallest absolute Gasteiger partial charge is 0.293 e. The van der Waals surface area contributed by atoms with Crippen LogP contribution in [-0.2, 0) is 14.3 Å². The lowest BCUT2D eigenvalue weighted by molar-refractivity contribution is -0.128. The molecule has 40 heavy (non-hydrogen) atoms. The number of unbranched alkanes of at least 4 members (excludes halogenated alkanes) is 17. The van der Waals surface area contributed by atoms with Gasteiger partial charge in [0, 0.05) is 12.8 Å². The Morgan fingerprint density at radius 1 is 0.475 bits per heavy atom. The van der Waals surface area contributed by atoms with Crippen LogP contribution in [0, 0.1) is 0 Å². The number of allylic oxidation sites excluding steroid dienone is 8. The molecule has 0 rings (SSSR count). The Kier molecular flexibility index (Phi) is 33.5. The largest absolute Gasteiger partial charge is 0.468 e. The average molecular weight is 557 g/mol. The average Bonchev–Trinajstić information content (AvgIpc) is 2.96. The summed E-state index contributed by atoms with van der Waals surface area (Å²) in [5.74, 6) is 0.449. The van der Waals surface area contributed by atoms with Gasteiger partial charge in [-0.1, -0.05) is 145 Å². The molecule has 0 aromatic carbocycles. The molecule has 0 unspecified atom stereocenters. The van der Waals surface area contributed by atoms with Crippen molar-refractivity contribution in [3.63, 3.8) is 0 Å². The van der Waals surface area contributed by atoms with E-state index in [4.69, 9.17) is 4.74 Å². The summed E-state index contributed by atoms with van der Waals surface area (Å²) in [4.78, 5) is 22.2. The maximum Gasteiger partial charge on any atom is 0.293 e. The molecule has 0 aromatic rings. The number of carbonyl (C=O) groups is 2. The first-order valence-electron chi connectivity index (χ1n) is 17.0. The SMILES string of the molecule is CCCCC/C=C\C/C=C\C/C=C\C/C=C\CCCC(=O)CCCCCCCCCCCCCCCCOC=O. The van der Waals surface area contributed by atoms with Gasteiger partial charge in [0.25, 0.3) is 6.47 Å². The van der Waals surface area contributed by atoms with Gasteiger partial charge in [0.05, 0.1) is 6.61 Å². The zero-order valence-electron chi connectivity index (χ0n) is 26.3. The Hall–Kier alpha value is -1.90. The van der Waals surface area contributed by atoms with Gasteiger partial charge in [-0.15, -0.1) is 0 Å². The van der Waals surface area contributed by atoms with Crippen molar-refractivity contribution in [2.24, 2.45) is 0 Å². The zero-order chi connectivity index (χ0) is 29.0. The van der Waals surface area contributed by atoms with Gasteiger partial charge >= 0.3 is 0 Å². The predicted octanol–water partition coefficient (Wildman–Crippen LogP) is 11.7. The molecule has 0 heterocycles. The molecule has 0 atom stereocenters. The normalized spacial score (nSPS) is 12.0. The van der Waals surface area contributed by atoms with Gasteiger partial charge in [-0.25, -0.2) is 0 Å². The van der Waals surface area contributed by atoms with Crippen LogP contribution in [0.15, 0.2) is 48.6 Å². The number of hydrogen-bond acceptors (Lipinski definition) is 3. The number of hydrogen-bond donors (Lipinski definition) is 0. The fourth-order valence-corrected chi connectivity index (χ4v) is 4.78. The van der Waals surface area contributed by atoms with Crippen molar-refractivity contribution in [2.45, 2.75) is 167 Å². The Labute approximate surface area is 249 Å². The van der Waals surface area contributed by atoms with Crippen LogP contribution in [-0.4, -0.2) is 18.9 Å². The third-order valence-electron chi connectivity index (χ3n) is 7.32. The Balaban J connectivity index is 3.34. The van der Waals surface area contributed by atoms with Crippen LogP contribution in [0.1, 0.15) is 167 Å². The molecule has 0 spiro atoms. The molecule has 0 aliphatic rings. The lowest BCUT2D eigenvalue weighted by Gasteiger charge is -2.04. The van der Waals surface area contributed by atoms with Crippen molar-refractivity contribution < 1.29 is 14.3 Å². The molecule has 0 amide bonds. The van der Waals surface area contributed by atoms with Gasteiger partial charge in [0.1, 0.15) is 5.78 Å². The van der Waals surface area contributed by atoms with Crippen molar-refractivity contribution >= 4 is 12.3 Å². The van der Waals surface area contributed by atoms with E-state index >= 15 is 0 Å². The quantitative estimate of drug-likeness (QED) is 0.0470. The number of ether oxygens (including phenoxy) is 1. The van der Waals surface area contributed by atoms with E-state index in [1.54, 1.807) is 0 Å². The molecular formula is C37H64O3. The number of ketones is 1. The number of rotatable bonds is 32. The monoisotopic (exact) mass is 556 g/mol. The second-order valence-electron chi connectivity index (χ2n) is 11.2. The predicted molar refractivity (Wildman–Crippen MR) is 175 cm³/mol. The fraction of sp³-hybridized carbons (Fsp3) is 0.730. The highest BCUT2D eigenvalue weighted by Gasteiger charge is 2.01. The summed E-state index contributed by atoms with van der Waals surface area (Å²) in [7, 11) is 0. The number of Topliss-reactive ketones (excluding diaryl/α,β-unsaturated/α-hetero) is 1. The minimum Gasteiger partial charge on any atom is -0.468 e. The van der Waals surface area contributed by atoms with Gasteiger partial charge < -0.3 is 4.74 Å². The Morgan fingerprint density at radius 3 is 1.35 bits per heavy atom. The van der Waals surface area contributed by atoms with E-state index in [2.05, 4.69) is 55.5 Å². The highest BCUT2D eigenvalue weighted by Crippen LogP contribution is 2.14. The van der Waals surface area contributed by atoms with E-state index in [1.807, 2.05) is 0 Å². The highest BCUT2D eigenvalue weighted by atomic mass is 16.5. The van der Waals surface area contributed by atoms with E-state index in [0.29, 0.717) is 18.9 Å². The standard InChI is InChI=1S/C37H64O3/c1-2-3-4-5-6-7-8-9-10-11-12-15-18-21-24-27-30-33-37(39)34-31-28-25-22-19-16-13-14-17-20-23-26-29-32-35-40-36-38/h6-7,9-10,12,15,21,24,36H,2-5,8,11,13-14,16-20,22-23,25-35H2,1H3/b7-6-,10-9-,15-12-,24-21-. The van der Waals surface area contributed by atoms with Crippen molar-refractivity contribution in [3.05, 3.63) is 48.6 Å². The molecule has 0 aromatic heterocycles. The first kappa shape index (κ1) is 38.1. The first-order valence-corrected chi connectivity index (χ1v) is 17.0. The minimum absolute atomic E-state index is 0.449. The van der Waals surface area contributed by atoms with Gasteiger partial charge in [-0.05, 0) is 57.8 Å². The molecule has 0 bridgehead atoms. The fourth-order valence-electron chi connectivity index (χ4n) is 4.78.